The second-order valence-electron chi connectivity index (χ2n) is 6.88. The molecular weight excluding hydrogens is 452 g/mol. The van der Waals surface area contributed by atoms with Crippen molar-refractivity contribution in [2.24, 2.45) is 0 Å². The monoisotopic (exact) mass is 474 g/mol. The quantitative estimate of drug-likeness (QED) is 0.555. The number of nitrogens with one attached hydrogen (secondary N) is 1. The molecule has 0 atom stereocenters. The Labute approximate surface area is 190 Å². The van der Waals surface area contributed by atoms with Gasteiger partial charge in [-0.3, -0.25) is 4.79 Å². The first-order valence-electron chi connectivity index (χ1n) is 9.79. The largest absolute Gasteiger partial charge is 0.457 e. The number of thioether (sulfide) groups is 1. The van der Waals surface area contributed by atoms with Gasteiger partial charge in [0, 0.05) is 31.1 Å². The molecule has 2 aromatic carbocycles. The van der Waals surface area contributed by atoms with Crippen molar-refractivity contribution in [2.45, 2.75) is 11.4 Å². The first kappa shape index (κ1) is 21.9. The molecule has 0 bridgehead atoms. The molecule has 0 radical (unpaired) electrons. The van der Waals surface area contributed by atoms with Gasteiger partial charge in [-0.1, -0.05) is 30.3 Å². The van der Waals surface area contributed by atoms with E-state index in [2.05, 4.69) is 5.32 Å². The molecule has 31 heavy (non-hydrogen) atoms. The summed E-state index contributed by atoms with van der Waals surface area (Å²) in [5.41, 5.74) is 0.857. The Balaban J connectivity index is 1.43. The standard InChI is InChI=1S/C22H22N2O4S3/c25-22(21-20(9-12-30-21)31(26,27)24-10-13-29-14-11-24)23-16-17-5-4-8-19(15-17)28-18-6-2-1-3-7-18/h1-9,12,15H,10-11,13-14,16H2,(H,23,25). The van der Waals surface area contributed by atoms with Gasteiger partial charge in [-0.25, -0.2) is 8.42 Å². The Morgan fingerprint density at radius 3 is 2.52 bits per heavy atom. The topological polar surface area (TPSA) is 75.7 Å². The highest BCUT2D eigenvalue weighted by atomic mass is 32.2. The summed E-state index contributed by atoms with van der Waals surface area (Å²) in [6, 6.07) is 18.4. The maximum Gasteiger partial charge on any atom is 0.263 e. The third-order valence-corrected chi connectivity index (χ3v) is 8.68. The summed E-state index contributed by atoms with van der Waals surface area (Å²) in [5.74, 6) is 2.54. The van der Waals surface area contributed by atoms with Gasteiger partial charge in [0.15, 0.2) is 0 Å². The Bertz CT molecular complexity index is 1140. The molecule has 9 heteroatoms. The van der Waals surface area contributed by atoms with E-state index in [1.807, 2.05) is 54.6 Å². The summed E-state index contributed by atoms with van der Waals surface area (Å²) in [6.07, 6.45) is 0. The number of rotatable bonds is 7. The number of hydrogen-bond donors (Lipinski definition) is 1. The van der Waals surface area contributed by atoms with Gasteiger partial charge in [-0.2, -0.15) is 16.1 Å². The Morgan fingerprint density at radius 1 is 1.00 bits per heavy atom. The van der Waals surface area contributed by atoms with Crippen molar-refractivity contribution in [3.05, 3.63) is 76.5 Å². The zero-order valence-corrected chi connectivity index (χ0v) is 19.1. The molecule has 0 aliphatic carbocycles. The van der Waals surface area contributed by atoms with Gasteiger partial charge in [0.1, 0.15) is 21.3 Å². The zero-order valence-electron chi connectivity index (χ0n) is 16.7. The molecule has 0 saturated carbocycles. The molecular formula is C22H22N2O4S3. The van der Waals surface area contributed by atoms with Crippen molar-refractivity contribution >= 4 is 39.0 Å². The summed E-state index contributed by atoms with van der Waals surface area (Å²) in [7, 11) is -3.67. The van der Waals surface area contributed by atoms with Crippen LogP contribution in [0, 0.1) is 0 Å². The average Bonchev–Trinajstić information content (AvgIpc) is 3.30. The van der Waals surface area contributed by atoms with Gasteiger partial charge >= 0.3 is 0 Å². The van der Waals surface area contributed by atoms with Crippen molar-refractivity contribution < 1.29 is 17.9 Å². The second-order valence-corrected chi connectivity index (χ2v) is 10.9. The Kier molecular flexibility index (Phi) is 6.96. The van der Waals surface area contributed by atoms with E-state index >= 15 is 0 Å². The van der Waals surface area contributed by atoms with Gasteiger partial charge in [0.25, 0.3) is 5.91 Å². The van der Waals surface area contributed by atoms with Crippen molar-refractivity contribution in [1.82, 2.24) is 9.62 Å². The molecule has 1 amide bonds. The molecule has 0 spiro atoms. The van der Waals surface area contributed by atoms with Crippen LogP contribution < -0.4 is 10.1 Å². The van der Waals surface area contributed by atoms with E-state index in [4.69, 9.17) is 4.74 Å². The summed E-state index contributed by atoms with van der Waals surface area (Å²) in [4.78, 5) is 13.1. The van der Waals surface area contributed by atoms with Gasteiger partial charge < -0.3 is 10.1 Å². The second kappa shape index (κ2) is 9.86. The first-order valence-corrected chi connectivity index (χ1v) is 13.3. The average molecular weight is 475 g/mol. The molecule has 1 aliphatic rings. The highest BCUT2D eigenvalue weighted by Gasteiger charge is 2.31. The molecule has 6 nitrogen and oxygen atoms in total. The number of amides is 1. The summed E-state index contributed by atoms with van der Waals surface area (Å²) >= 11 is 2.88. The molecule has 2 heterocycles. The molecule has 1 saturated heterocycles. The van der Waals surface area contributed by atoms with Crippen LogP contribution in [0.25, 0.3) is 0 Å². The number of benzene rings is 2. The normalized spacial score (nSPS) is 14.8. The number of sulfonamides is 1. The van der Waals surface area contributed by atoms with Crippen LogP contribution in [-0.2, 0) is 16.6 Å². The van der Waals surface area contributed by atoms with E-state index in [1.54, 1.807) is 17.1 Å². The predicted octanol–water partition coefficient (Wildman–Crippen LogP) is 4.21. The Hall–Kier alpha value is -2.33. The fourth-order valence-electron chi connectivity index (χ4n) is 3.20. The van der Waals surface area contributed by atoms with Crippen molar-refractivity contribution in [3.63, 3.8) is 0 Å². The third kappa shape index (κ3) is 5.30. The van der Waals surface area contributed by atoms with Crippen LogP contribution in [0.3, 0.4) is 0 Å². The number of para-hydroxylation sites is 1. The lowest BCUT2D eigenvalue weighted by Gasteiger charge is -2.25. The van der Waals surface area contributed by atoms with Crippen LogP contribution in [0.15, 0.2) is 70.9 Å². The predicted molar refractivity (Wildman–Crippen MR) is 125 cm³/mol. The molecule has 0 unspecified atom stereocenters. The van der Waals surface area contributed by atoms with Crippen LogP contribution in [-0.4, -0.2) is 43.2 Å². The maximum absolute atomic E-state index is 13.0. The van der Waals surface area contributed by atoms with E-state index in [1.165, 1.54) is 10.4 Å². The number of ether oxygens (including phenoxy) is 1. The SMILES string of the molecule is O=C(NCc1cccc(Oc2ccccc2)c1)c1sccc1S(=O)(=O)N1CCSCC1. The number of nitrogens with zero attached hydrogens (tertiary/aromatic N) is 1. The minimum absolute atomic E-state index is 0.0862. The number of carbonyl (C=O) groups excluding carboxylic acids is 1. The maximum atomic E-state index is 13.0. The minimum atomic E-state index is -3.67. The lowest BCUT2D eigenvalue weighted by atomic mass is 10.2. The minimum Gasteiger partial charge on any atom is -0.457 e. The van der Waals surface area contributed by atoms with Gasteiger partial charge in [0.05, 0.1) is 0 Å². The van der Waals surface area contributed by atoms with Crippen LogP contribution in [0.2, 0.25) is 0 Å². The van der Waals surface area contributed by atoms with Gasteiger partial charge in [-0.15, -0.1) is 11.3 Å². The van der Waals surface area contributed by atoms with E-state index in [0.29, 0.717) is 18.8 Å². The number of thiophene rings is 1. The van der Waals surface area contributed by atoms with Crippen LogP contribution in [0.5, 0.6) is 11.5 Å². The van der Waals surface area contributed by atoms with Crippen LogP contribution in [0.1, 0.15) is 15.2 Å². The molecule has 1 fully saturated rings. The van der Waals surface area contributed by atoms with E-state index < -0.39 is 15.9 Å². The van der Waals surface area contributed by atoms with Gasteiger partial charge in [0.2, 0.25) is 10.0 Å². The van der Waals surface area contributed by atoms with Crippen LogP contribution >= 0.6 is 23.1 Å². The highest BCUT2D eigenvalue weighted by molar-refractivity contribution is 7.99. The number of hydrogen-bond acceptors (Lipinski definition) is 6. The third-order valence-electron chi connectivity index (χ3n) is 4.75. The highest BCUT2D eigenvalue weighted by Crippen LogP contribution is 2.27. The van der Waals surface area contributed by atoms with Crippen molar-refractivity contribution in [2.75, 3.05) is 24.6 Å². The van der Waals surface area contributed by atoms with E-state index in [-0.39, 0.29) is 16.3 Å². The smallest absolute Gasteiger partial charge is 0.263 e. The van der Waals surface area contributed by atoms with E-state index in [0.717, 1.165) is 34.2 Å². The summed E-state index contributed by atoms with van der Waals surface area (Å²) < 4.78 is 33.3. The molecule has 1 N–H and O–H groups in total. The van der Waals surface area contributed by atoms with E-state index in [9.17, 15) is 13.2 Å². The molecule has 1 aromatic heterocycles. The van der Waals surface area contributed by atoms with Gasteiger partial charge in [-0.05, 0) is 41.3 Å². The van der Waals surface area contributed by atoms with Crippen LogP contribution in [0.4, 0.5) is 0 Å². The Morgan fingerprint density at radius 2 is 1.74 bits per heavy atom. The zero-order chi connectivity index (χ0) is 21.7. The molecule has 162 valence electrons. The lowest BCUT2D eigenvalue weighted by molar-refractivity contribution is 0.0952. The summed E-state index contributed by atoms with van der Waals surface area (Å²) in [6.45, 7) is 1.21. The molecule has 4 rings (SSSR count). The van der Waals surface area contributed by atoms with Crippen molar-refractivity contribution in [3.8, 4) is 11.5 Å². The molecule has 1 aliphatic heterocycles. The fraction of sp³-hybridized carbons (Fsp3) is 0.227. The lowest BCUT2D eigenvalue weighted by Crippen LogP contribution is -2.38. The summed E-state index contributed by atoms with van der Waals surface area (Å²) in [5, 5.41) is 4.48. The fourth-order valence-corrected chi connectivity index (χ4v) is 7.09. The van der Waals surface area contributed by atoms with Crippen molar-refractivity contribution in [1.29, 1.82) is 0 Å². The molecule has 3 aromatic rings. The first-order chi connectivity index (χ1) is 15.0. The number of carbonyl (C=O) groups is 1.